The summed E-state index contributed by atoms with van der Waals surface area (Å²) in [4.78, 5) is 12.4. The summed E-state index contributed by atoms with van der Waals surface area (Å²) in [5.41, 5.74) is 2.70. The Morgan fingerprint density at radius 3 is 2.70 bits per heavy atom. The topological polar surface area (TPSA) is 84.5 Å². The summed E-state index contributed by atoms with van der Waals surface area (Å²) in [5, 5.41) is 2.81. The lowest BCUT2D eigenvalue weighted by Crippen LogP contribution is -2.31. The van der Waals surface area contributed by atoms with Crippen molar-refractivity contribution in [1.82, 2.24) is 5.32 Å². The van der Waals surface area contributed by atoms with Gasteiger partial charge in [0.1, 0.15) is 0 Å². The number of carbonyl (C=O) groups is 1. The van der Waals surface area contributed by atoms with Crippen LogP contribution in [-0.4, -0.2) is 33.6 Å². The molecule has 1 aliphatic heterocycles. The fourth-order valence-corrected chi connectivity index (χ4v) is 4.15. The molecule has 0 radical (unpaired) electrons. The highest BCUT2D eigenvalue weighted by atomic mass is 32.2. The molecular formula is C20H24N2O4S. The fraction of sp³-hybridized carbons (Fsp3) is 0.350. The van der Waals surface area contributed by atoms with Crippen LogP contribution in [0, 0.1) is 13.8 Å². The van der Waals surface area contributed by atoms with E-state index < -0.39 is 10.0 Å². The van der Waals surface area contributed by atoms with E-state index in [9.17, 15) is 13.2 Å². The summed E-state index contributed by atoms with van der Waals surface area (Å²) >= 11 is 0. The molecule has 1 amide bonds. The number of amides is 1. The summed E-state index contributed by atoms with van der Waals surface area (Å²) in [7, 11) is -3.79. The Morgan fingerprint density at radius 2 is 1.96 bits per heavy atom. The van der Waals surface area contributed by atoms with Crippen LogP contribution in [0.25, 0.3) is 0 Å². The molecular weight excluding hydrogens is 364 g/mol. The zero-order valence-corrected chi connectivity index (χ0v) is 16.3. The first-order valence-corrected chi connectivity index (χ1v) is 10.4. The molecule has 1 aliphatic rings. The van der Waals surface area contributed by atoms with Gasteiger partial charge < -0.3 is 10.1 Å². The standard InChI is InChI=1S/C20H24N2O4S/c1-14-6-3-10-19(15(14)2)22-27(24,25)18-9-4-7-16(12-18)20(23)21-13-17-8-5-11-26-17/h3-4,6-7,9-10,12,17,22H,5,8,11,13H2,1-2H3,(H,21,23). The largest absolute Gasteiger partial charge is 0.376 e. The third kappa shape index (κ3) is 4.67. The Morgan fingerprint density at radius 1 is 1.19 bits per heavy atom. The normalized spacial score (nSPS) is 16.9. The molecule has 2 aromatic carbocycles. The van der Waals surface area contributed by atoms with Crippen LogP contribution in [-0.2, 0) is 14.8 Å². The van der Waals surface area contributed by atoms with Gasteiger partial charge in [-0.2, -0.15) is 0 Å². The lowest BCUT2D eigenvalue weighted by molar-refractivity contribution is 0.0857. The fourth-order valence-electron chi connectivity index (χ4n) is 2.98. The van der Waals surface area contributed by atoms with Crippen LogP contribution in [0.3, 0.4) is 0 Å². The van der Waals surface area contributed by atoms with Gasteiger partial charge in [0.25, 0.3) is 15.9 Å². The maximum absolute atomic E-state index is 12.7. The van der Waals surface area contributed by atoms with Gasteiger partial charge in [-0.3, -0.25) is 9.52 Å². The molecule has 0 spiro atoms. The molecule has 7 heteroatoms. The van der Waals surface area contributed by atoms with Crippen LogP contribution >= 0.6 is 0 Å². The molecule has 1 fully saturated rings. The van der Waals surface area contributed by atoms with E-state index in [0.29, 0.717) is 17.8 Å². The third-order valence-corrected chi connectivity index (χ3v) is 6.13. The van der Waals surface area contributed by atoms with Crippen LogP contribution in [0.2, 0.25) is 0 Å². The molecule has 2 N–H and O–H groups in total. The van der Waals surface area contributed by atoms with Gasteiger partial charge in [-0.1, -0.05) is 18.2 Å². The van der Waals surface area contributed by atoms with Crippen molar-refractivity contribution in [3.8, 4) is 0 Å². The van der Waals surface area contributed by atoms with Crippen LogP contribution in [0.15, 0.2) is 47.4 Å². The Balaban J connectivity index is 1.75. The van der Waals surface area contributed by atoms with Crippen molar-refractivity contribution in [1.29, 1.82) is 0 Å². The SMILES string of the molecule is Cc1cccc(NS(=O)(=O)c2cccc(C(=O)NCC3CCCO3)c2)c1C. The Hall–Kier alpha value is -2.38. The second-order valence-electron chi connectivity index (χ2n) is 6.73. The first-order valence-electron chi connectivity index (χ1n) is 8.96. The summed E-state index contributed by atoms with van der Waals surface area (Å²) in [6, 6.07) is 11.5. The van der Waals surface area contributed by atoms with Crippen molar-refractivity contribution in [2.45, 2.75) is 37.7 Å². The minimum atomic E-state index is -3.79. The average Bonchev–Trinajstić information content (AvgIpc) is 3.17. The second-order valence-corrected chi connectivity index (χ2v) is 8.41. The number of hydrogen-bond acceptors (Lipinski definition) is 4. The van der Waals surface area contributed by atoms with Crippen molar-refractivity contribution in [2.75, 3.05) is 17.9 Å². The monoisotopic (exact) mass is 388 g/mol. The number of carbonyl (C=O) groups excluding carboxylic acids is 1. The predicted molar refractivity (Wildman–Crippen MR) is 104 cm³/mol. The Bertz CT molecular complexity index is 935. The lowest BCUT2D eigenvalue weighted by atomic mass is 10.1. The number of benzene rings is 2. The van der Waals surface area contributed by atoms with Gasteiger partial charge in [0.2, 0.25) is 0 Å². The summed E-state index contributed by atoms with van der Waals surface area (Å²) in [6.07, 6.45) is 1.96. The molecule has 3 rings (SSSR count). The maximum Gasteiger partial charge on any atom is 0.261 e. The summed E-state index contributed by atoms with van der Waals surface area (Å²) in [6.45, 7) is 4.93. The number of anilines is 1. The van der Waals surface area contributed by atoms with Gasteiger partial charge in [0.15, 0.2) is 0 Å². The van der Waals surface area contributed by atoms with E-state index in [4.69, 9.17) is 4.74 Å². The van der Waals surface area contributed by atoms with Crippen LogP contribution < -0.4 is 10.0 Å². The zero-order chi connectivity index (χ0) is 19.4. The minimum Gasteiger partial charge on any atom is -0.376 e. The molecule has 0 saturated carbocycles. The van der Waals surface area contributed by atoms with E-state index in [1.54, 1.807) is 24.3 Å². The van der Waals surface area contributed by atoms with Crippen LogP contribution in [0.4, 0.5) is 5.69 Å². The predicted octanol–water partition coefficient (Wildman–Crippen LogP) is 3.01. The van der Waals surface area contributed by atoms with Crippen LogP contribution in [0.5, 0.6) is 0 Å². The minimum absolute atomic E-state index is 0.0341. The molecule has 0 aliphatic carbocycles. The lowest BCUT2D eigenvalue weighted by Gasteiger charge is -2.13. The zero-order valence-electron chi connectivity index (χ0n) is 15.5. The molecule has 0 bridgehead atoms. The molecule has 1 atom stereocenters. The van der Waals surface area contributed by atoms with Crippen molar-refractivity contribution in [3.63, 3.8) is 0 Å². The third-order valence-electron chi connectivity index (χ3n) is 4.77. The van der Waals surface area contributed by atoms with E-state index in [1.807, 2.05) is 19.9 Å². The quantitative estimate of drug-likeness (QED) is 0.797. The summed E-state index contributed by atoms with van der Waals surface area (Å²) in [5.74, 6) is -0.311. The molecule has 6 nitrogen and oxygen atoms in total. The number of ether oxygens (including phenoxy) is 1. The van der Waals surface area contributed by atoms with Gasteiger partial charge in [-0.15, -0.1) is 0 Å². The highest BCUT2D eigenvalue weighted by molar-refractivity contribution is 7.92. The smallest absolute Gasteiger partial charge is 0.261 e. The van der Waals surface area contributed by atoms with E-state index in [2.05, 4.69) is 10.0 Å². The van der Waals surface area contributed by atoms with E-state index in [0.717, 1.165) is 30.6 Å². The van der Waals surface area contributed by atoms with Gasteiger partial charge in [-0.25, -0.2) is 8.42 Å². The van der Waals surface area contributed by atoms with E-state index >= 15 is 0 Å². The number of nitrogens with one attached hydrogen (secondary N) is 2. The molecule has 0 aromatic heterocycles. The van der Waals surface area contributed by atoms with Crippen molar-refractivity contribution < 1.29 is 17.9 Å². The van der Waals surface area contributed by atoms with Crippen LogP contribution in [0.1, 0.15) is 34.3 Å². The highest BCUT2D eigenvalue weighted by Gasteiger charge is 2.19. The van der Waals surface area contributed by atoms with Gasteiger partial charge in [-0.05, 0) is 62.1 Å². The molecule has 1 saturated heterocycles. The number of hydrogen-bond donors (Lipinski definition) is 2. The highest BCUT2D eigenvalue weighted by Crippen LogP contribution is 2.22. The molecule has 27 heavy (non-hydrogen) atoms. The molecule has 1 heterocycles. The number of rotatable bonds is 6. The number of sulfonamides is 1. The molecule has 2 aromatic rings. The van der Waals surface area contributed by atoms with Gasteiger partial charge in [0.05, 0.1) is 16.7 Å². The van der Waals surface area contributed by atoms with Gasteiger partial charge in [0, 0.05) is 18.7 Å². The van der Waals surface area contributed by atoms with Crippen molar-refractivity contribution in [2.24, 2.45) is 0 Å². The van der Waals surface area contributed by atoms with Crippen molar-refractivity contribution >= 4 is 21.6 Å². The first kappa shape index (κ1) is 19.4. The maximum atomic E-state index is 12.7. The summed E-state index contributed by atoms with van der Waals surface area (Å²) < 4.78 is 33.6. The Labute approximate surface area is 160 Å². The molecule has 144 valence electrons. The second kappa shape index (κ2) is 8.10. The van der Waals surface area contributed by atoms with E-state index in [-0.39, 0.29) is 16.9 Å². The average molecular weight is 388 g/mol. The van der Waals surface area contributed by atoms with Gasteiger partial charge >= 0.3 is 0 Å². The molecule has 1 unspecified atom stereocenters. The Kier molecular flexibility index (Phi) is 5.82. The van der Waals surface area contributed by atoms with E-state index in [1.165, 1.54) is 12.1 Å². The number of aryl methyl sites for hydroxylation is 1. The first-order chi connectivity index (χ1) is 12.9. The van der Waals surface area contributed by atoms with Crippen molar-refractivity contribution in [3.05, 3.63) is 59.2 Å².